The average Bonchev–Trinajstić information content (AvgIpc) is 3.23. The van der Waals surface area contributed by atoms with Gasteiger partial charge in [0.05, 0.1) is 11.6 Å². The number of carbonyl (C=O) groups is 1. The van der Waals surface area contributed by atoms with Crippen LogP contribution in [0.4, 0.5) is 0 Å². The van der Waals surface area contributed by atoms with Gasteiger partial charge in [0.1, 0.15) is 23.2 Å². The number of amides is 1. The molecule has 0 fully saturated rings. The summed E-state index contributed by atoms with van der Waals surface area (Å²) in [5.41, 5.74) is 1.57. The maximum absolute atomic E-state index is 13.0. The van der Waals surface area contributed by atoms with Crippen molar-refractivity contribution in [3.8, 4) is 17.0 Å². The van der Waals surface area contributed by atoms with Crippen LogP contribution in [0.5, 0.6) is 5.75 Å². The van der Waals surface area contributed by atoms with Gasteiger partial charge in [-0.3, -0.25) is 14.2 Å². The topological polar surface area (TPSA) is 99.2 Å². The second kappa shape index (κ2) is 9.65. The molecule has 32 heavy (non-hydrogen) atoms. The maximum atomic E-state index is 13.0. The molecule has 0 saturated carbocycles. The van der Waals surface area contributed by atoms with E-state index in [1.54, 1.807) is 24.3 Å². The summed E-state index contributed by atoms with van der Waals surface area (Å²) >= 11 is 6.25. The van der Waals surface area contributed by atoms with Crippen LogP contribution in [0, 0.1) is 0 Å². The number of hydrogen-bond donors (Lipinski definition) is 1. The molecular formula is C23H21ClN4O4. The molecule has 0 saturated heterocycles. The molecule has 0 aliphatic rings. The van der Waals surface area contributed by atoms with Crippen molar-refractivity contribution in [1.82, 2.24) is 20.0 Å². The zero-order valence-corrected chi connectivity index (χ0v) is 18.1. The lowest BCUT2D eigenvalue weighted by Crippen LogP contribution is -2.27. The minimum Gasteiger partial charge on any atom is -0.494 e. The van der Waals surface area contributed by atoms with Crippen LogP contribution in [0.1, 0.15) is 18.9 Å². The number of para-hydroxylation sites is 1. The molecule has 4 rings (SSSR count). The second-order valence-electron chi connectivity index (χ2n) is 7.00. The first-order valence-corrected chi connectivity index (χ1v) is 10.5. The third kappa shape index (κ3) is 4.50. The van der Waals surface area contributed by atoms with Gasteiger partial charge >= 0.3 is 0 Å². The van der Waals surface area contributed by atoms with E-state index in [1.807, 2.05) is 31.2 Å². The minimum absolute atomic E-state index is 0.108. The molecule has 0 aliphatic carbocycles. The van der Waals surface area contributed by atoms with E-state index in [0.29, 0.717) is 29.4 Å². The molecule has 1 amide bonds. The number of nitrogens with one attached hydrogen (secondary N) is 1. The fourth-order valence-corrected chi connectivity index (χ4v) is 3.55. The van der Waals surface area contributed by atoms with Gasteiger partial charge in [-0.05, 0) is 19.1 Å². The van der Waals surface area contributed by atoms with Gasteiger partial charge < -0.3 is 14.6 Å². The van der Waals surface area contributed by atoms with Gasteiger partial charge in [0.15, 0.2) is 0 Å². The molecule has 0 spiro atoms. The van der Waals surface area contributed by atoms with Gasteiger partial charge in [0.2, 0.25) is 5.91 Å². The highest BCUT2D eigenvalue weighted by atomic mass is 35.5. The highest BCUT2D eigenvalue weighted by Gasteiger charge is 2.19. The van der Waals surface area contributed by atoms with Crippen molar-refractivity contribution in [3.63, 3.8) is 0 Å². The molecule has 1 N–H and O–H groups in total. The monoisotopic (exact) mass is 452 g/mol. The Balaban J connectivity index is 1.48. The summed E-state index contributed by atoms with van der Waals surface area (Å²) in [6, 6.07) is 14.6. The van der Waals surface area contributed by atoms with Crippen molar-refractivity contribution in [3.05, 3.63) is 75.8 Å². The summed E-state index contributed by atoms with van der Waals surface area (Å²) in [7, 11) is 0. The van der Waals surface area contributed by atoms with E-state index in [2.05, 4.69) is 15.5 Å². The van der Waals surface area contributed by atoms with Crippen LogP contribution in [0.2, 0.25) is 5.02 Å². The number of rotatable bonds is 8. The SMILES string of the molecule is CCOc1ccccc1CNC(=O)CCn1cnc2onc(-c3ccccc3Cl)c2c1=O. The van der Waals surface area contributed by atoms with Crippen LogP contribution < -0.4 is 15.6 Å². The van der Waals surface area contributed by atoms with E-state index in [-0.39, 0.29) is 35.5 Å². The third-order valence-corrected chi connectivity index (χ3v) is 5.25. The Labute approximate surface area is 188 Å². The third-order valence-electron chi connectivity index (χ3n) is 4.92. The zero-order valence-electron chi connectivity index (χ0n) is 17.4. The van der Waals surface area contributed by atoms with Gasteiger partial charge in [-0.25, -0.2) is 4.98 Å². The molecular weight excluding hydrogens is 432 g/mol. The lowest BCUT2D eigenvalue weighted by Gasteiger charge is -2.11. The molecule has 0 aliphatic heterocycles. The number of ether oxygens (including phenoxy) is 1. The van der Waals surface area contributed by atoms with Crippen molar-refractivity contribution in [1.29, 1.82) is 0 Å². The first-order chi connectivity index (χ1) is 15.6. The number of aryl methyl sites for hydroxylation is 1. The largest absolute Gasteiger partial charge is 0.494 e. The Bertz CT molecular complexity index is 1310. The lowest BCUT2D eigenvalue weighted by atomic mass is 10.1. The molecule has 0 radical (unpaired) electrons. The molecule has 2 aromatic heterocycles. The molecule has 2 heterocycles. The zero-order chi connectivity index (χ0) is 22.5. The highest BCUT2D eigenvalue weighted by Crippen LogP contribution is 2.30. The van der Waals surface area contributed by atoms with E-state index in [9.17, 15) is 9.59 Å². The quantitative estimate of drug-likeness (QED) is 0.436. The summed E-state index contributed by atoms with van der Waals surface area (Å²) in [4.78, 5) is 29.6. The summed E-state index contributed by atoms with van der Waals surface area (Å²) in [5, 5.41) is 7.52. The molecule has 8 nitrogen and oxygen atoms in total. The summed E-state index contributed by atoms with van der Waals surface area (Å²) in [6.45, 7) is 2.95. The van der Waals surface area contributed by atoms with Crippen LogP contribution in [0.15, 0.2) is 64.2 Å². The number of benzene rings is 2. The number of aromatic nitrogens is 3. The van der Waals surface area contributed by atoms with Gasteiger partial charge in [0, 0.05) is 30.6 Å². The smallest absolute Gasteiger partial charge is 0.266 e. The van der Waals surface area contributed by atoms with Crippen molar-refractivity contribution < 1.29 is 14.1 Å². The van der Waals surface area contributed by atoms with E-state index >= 15 is 0 Å². The van der Waals surface area contributed by atoms with Crippen molar-refractivity contribution in [2.45, 2.75) is 26.4 Å². The van der Waals surface area contributed by atoms with E-state index in [0.717, 1.165) is 11.3 Å². The normalized spacial score (nSPS) is 10.9. The fourth-order valence-electron chi connectivity index (χ4n) is 3.33. The molecule has 0 atom stereocenters. The number of hydrogen-bond acceptors (Lipinski definition) is 6. The Kier molecular flexibility index (Phi) is 6.51. The summed E-state index contributed by atoms with van der Waals surface area (Å²) < 4.78 is 12.2. The standard InChI is InChI=1S/C23H21ClN4O4/c1-2-31-18-10-6-3-7-15(18)13-25-19(29)11-12-28-14-26-22-20(23(28)30)21(27-32-22)16-8-4-5-9-17(16)24/h3-10,14H,2,11-13H2,1H3,(H,25,29). The Morgan fingerprint density at radius 1 is 1.19 bits per heavy atom. The van der Waals surface area contributed by atoms with Crippen LogP contribution in [-0.4, -0.2) is 27.2 Å². The fraction of sp³-hybridized carbons (Fsp3) is 0.217. The van der Waals surface area contributed by atoms with Gasteiger partial charge in [0.25, 0.3) is 11.3 Å². The molecule has 0 bridgehead atoms. The van der Waals surface area contributed by atoms with E-state index in [1.165, 1.54) is 10.9 Å². The summed E-state index contributed by atoms with van der Waals surface area (Å²) in [5.74, 6) is 0.542. The molecule has 164 valence electrons. The first-order valence-electron chi connectivity index (χ1n) is 10.2. The predicted octanol–water partition coefficient (Wildman–Crippen LogP) is 3.81. The minimum atomic E-state index is -0.347. The maximum Gasteiger partial charge on any atom is 0.266 e. The number of fused-ring (bicyclic) bond motifs is 1. The molecule has 0 unspecified atom stereocenters. The van der Waals surface area contributed by atoms with Crippen LogP contribution in [0.25, 0.3) is 22.4 Å². The molecule has 4 aromatic rings. The van der Waals surface area contributed by atoms with Gasteiger partial charge in [-0.2, -0.15) is 0 Å². The highest BCUT2D eigenvalue weighted by molar-refractivity contribution is 6.33. The van der Waals surface area contributed by atoms with Crippen LogP contribution in [-0.2, 0) is 17.9 Å². The predicted molar refractivity (Wildman–Crippen MR) is 121 cm³/mol. The van der Waals surface area contributed by atoms with E-state index < -0.39 is 0 Å². The van der Waals surface area contributed by atoms with Crippen LogP contribution in [0.3, 0.4) is 0 Å². The van der Waals surface area contributed by atoms with Gasteiger partial charge in [-0.1, -0.05) is 53.2 Å². The number of halogens is 1. The Hall–Kier alpha value is -3.65. The van der Waals surface area contributed by atoms with E-state index in [4.69, 9.17) is 20.9 Å². The second-order valence-corrected chi connectivity index (χ2v) is 7.41. The number of nitrogens with zero attached hydrogens (tertiary/aromatic N) is 3. The van der Waals surface area contributed by atoms with Crippen molar-refractivity contribution in [2.75, 3.05) is 6.61 Å². The van der Waals surface area contributed by atoms with Crippen LogP contribution >= 0.6 is 11.6 Å². The van der Waals surface area contributed by atoms with Crippen molar-refractivity contribution in [2.24, 2.45) is 0 Å². The van der Waals surface area contributed by atoms with Gasteiger partial charge in [-0.15, -0.1) is 0 Å². The average molecular weight is 453 g/mol. The molecule has 2 aromatic carbocycles. The summed E-state index contributed by atoms with van der Waals surface area (Å²) in [6.07, 6.45) is 1.46. The Morgan fingerprint density at radius 2 is 1.97 bits per heavy atom. The number of carbonyl (C=O) groups excluding carboxylic acids is 1. The Morgan fingerprint density at radius 3 is 2.78 bits per heavy atom. The van der Waals surface area contributed by atoms with Crippen molar-refractivity contribution >= 4 is 28.6 Å². The lowest BCUT2D eigenvalue weighted by molar-refractivity contribution is -0.121. The molecule has 9 heteroatoms. The first kappa shape index (κ1) is 21.6.